The van der Waals surface area contributed by atoms with Gasteiger partial charge in [0, 0.05) is 11.3 Å². The van der Waals surface area contributed by atoms with Gasteiger partial charge in [-0.2, -0.15) is 0 Å². The van der Waals surface area contributed by atoms with Crippen molar-refractivity contribution in [1.82, 2.24) is 4.90 Å². The maximum atomic E-state index is 11.2. The van der Waals surface area contributed by atoms with Gasteiger partial charge in [0.25, 0.3) is 0 Å². The molecule has 0 aliphatic carbocycles. The molecule has 15 heavy (non-hydrogen) atoms. The predicted octanol–water partition coefficient (Wildman–Crippen LogP) is 0.707. The zero-order chi connectivity index (χ0) is 10.9. The van der Waals surface area contributed by atoms with Gasteiger partial charge in [-0.1, -0.05) is 0 Å². The molecule has 3 fully saturated rings. The van der Waals surface area contributed by atoms with Crippen LogP contribution in [0.5, 0.6) is 0 Å². The molecular weight excluding hydrogens is 196 g/mol. The molecule has 0 aromatic heterocycles. The largest absolute Gasteiger partial charge is 0.301 e. The van der Waals surface area contributed by atoms with Crippen molar-refractivity contribution in [3.8, 4) is 0 Å². The molecule has 3 aliphatic heterocycles. The van der Waals surface area contributed by atoms with Gasteiger partial charge in [0.05, 0.1) is 5.54 Å². The van der Waals surface area contributed by atoms with Crippen LogP contribution in [-0.4, -0.2) is 41.3 Å². The Hall–Kier alpha value is -0.970. The third-order valence-electron chi connectivity index (χ3n) is 3.83. The molecule has 3 aliphatic rings. The van der Waals surface area contributed by atoms with E-state index >= 15 is 0 Å². The maximum Gasteiger partial charge on any atom is 0.206 e. The van der Waals surface area contributed by atoms with Gasteiger partial charge in [0.2, 0.25) is 6.54 Å². The van der Waals surface area contributed by atoms with Crippen molar-refractivity contribution in [3.05, 3.63) is 10.1 Å². The molecule has 3 heterocycles. The first kappa shape index (κ1) is 10.5. The van der Waals surface area contributed by atoms with Crippen LogP contribution in [0.2, 0.25) is 0 Å². The van der Waals surface area contributed by atoms with Gasteiger partial charge in [-0.05, 0) is 38.3 Å². The third kappa shape index (κ3) is 1.88. The van der Waals surface area contributed by atoms with Crippen molar-refractivity contribution in [2.75, 3.05) is 19.6 Å². The summed E-state index contributed by atoms with van der Waals surface area (Å²) in [6.07, 6.45) is 4.44. The number of aldehydes is 1. The second kappa shape index (κ2) is 3.89. The highest BCUT2D eigenvalue weighted by Gasteiger charge is 2.46. The summed E-state index contributed by atoms with van der Waals surface area (Å²) in [5.41, 5.74) is -0.520. The number of carbonyl (C=O) groups is 1. The lowest BCUT2D eigenvalue weighted by Gasteiger charge is -2.51. The van der Waals surface area contributed by atoms with Crippen molar-refractivity contribution in [3.63, 3.8) is 0 Å². The summed E-state index contributed by atoms with van der Waals surface area (Å²) in [7, 11) is 0. The number of carbonyl (C=O) groups excluding carboxylic acids is 1. The maximum absolute atomic E-state index is 11.2. The second-order valence-electron chi connectivity index (χ2n) is 4.66. The lowest BCUT2D eigenvalue weighted by atomic mass is 9.73. The van der Waals surface area contributed by atoms with Crippen molar-refractivity contribution in [2.24, 2.45) is 5.92 Å². The van der Waals surface area contributed by atoms with Crippen LogP contribution in [0.25, 0.3) is 0 Å². The predicted molar refractivity (Wildman–Crippen MR) is 54.2 cm³/mol. The summed E-state index contributed by atoms with van der Waals surface area (Å²) in [6.45, 7) is 1.77. The Kier molecular flexibility index (Phi) is 2.73. The van der Waals surface area contributed by atoms with Gasteiger partial charge in [0.1, 0.15) is 6.29 Å². The molecule has 0 saturated carbocycles. The highest BCUT2D eigenvalue weighted by atomic mass is 16.6. The van der Waals surface area contributed by atoms with Crippen LogP contribution in [0.4, 0.5) is 0 Å². The number of hydrogen-bond acceptors (Lipinski definition) is 4. The van der Waals surface area contributed by atoms with E-state index in [2.05, 4.69) is 4.90 Å². The van der Waals surface area contributed by atoms with Crippen molar-refractivity contribution in [1.29, 1.82) is 0 Å². The molecule has 0 aromatic rings. The van der Waals surface area contributed by atoms with Gasteiger partial charge >= 0.3 is 0 Å². The van der Waals surface area contributed by atoms with Crippen LogP contribution in [0.3, 0.4) is 0 Å². The molecule has 84 valence electrons. The van der Waals surface area contributed by atoms with Crippen LogP contribution in [0.1, 0.15) is 25.7 Å². The van der Waals surface area contributed by atoms with E-state index in [-0.39, 0.29) is 11.5 Å². The molecule has 3 rings (SSSR count). The fourth-order valence-electron chi connectivity index (χ4n) is 2.94. The first-order chi connectivity index (χ1) is 7.16. The van der Waals surface area contributed by atoms with Crippen LogP contribution >= 0.6 is 0 Å². The first-order valence-corrected chi connectivity index (χ1v) is 5.49. The second-order valence-corrected chi connectivity index (χ2v) is 4.66. The summed E-state index contributed by atoms with van der Waals surface area (Å²) < 4.78 is 0. The fourth-order valence-corrected chi connectivity index (χ4v) is 2.94. The normalized spacial score (nSPS) is 38.9. The Morgan fingerprint density at radius 2 is 2.13 bits per heavy atom. The van der Waals surface area contributed by atoms with E-state index in [1.54, 1.807) is 0 Å². The molecule has 0 amide bonds. The standard InChI is InChI=1S/C10H16N2O3/c13-8-10(3-6-12(14)15)7-9-1-4-11(10)5-2-9/h8-9H,1-7H2. The quantitative estimate of drug-likeness (QED) is 0.391. The number of nitro groups is 1. The Morgan fingerprint density at radius 3 is 2.53 bits per heavy atom. The van der Waals surface area contributed by atoms with Gasteiger partial charge < -0.3 is 4.79 Å². The minimum absolute atomic E-state index is 0.0953. The van der Waals surface area contributed by atoms with Crippen LogP contribution in [0.15, 0.2) is 0 Å². The average Bonchev–Trinajstić information content (AvgIpc) is 2.28. The van der Waals surface area contributed by atoms with E-state index in [4.69, 9.17) is 0 Å². The molecule has 1 atom stereocenters. The van der Waals surface area contributed by atoms with Crippen molar-refractivity contribution in [2.45, 2.75) is 31.2 Å². The molecular formula is C10H16N2O3. The molecule has 1 unspecified atom stereocenters. The van der Waals surface area contributed by atoms with E-state index in [0.717, 1.165) is 38.6 Å². The van der Waals surface area contributed by atoms with E-state index in [1.165, 1.54) is 0 Å². The Bertz CT molecular complexity index is 274. The smallest absolute Gasteiger partial charge is 0.206 e. The van der Waals surface area contributed by atoms with E-state index < -0.39 is 5.54 Å². The third-order valence-corrected chi connectivity index (χ3v) is 3.83. The number of hydrogen-bond donors (Lipinski definition) is 0. The molecule has 2 bridgehead atoms. The molecule has 0 N–H and O–H groups in total. The highest BCUT2D eigenvalue weighted by Crippen LogP contribution is 2.39. The summed E-state index contributed by atoms with van der Waals surface area (Å²) in [5, 5.41) is 10.4. The molecule has 5 heteroatoms. The number of rotatable bonds is 4. The van der Waals surface area contributed by atoms with Crippen LogP contribution in [-0.2, 0) is 4.79 Å². The SMILES string of the molecule is O=CC1(CC[N+](=O)[O-])CC2CCN1CC2. The molecule has 0 spiro atoms. The number of piperidine rings is 3. The Balaban J connectivity index is 2.07. The van der Waals surface area contributed by atoms with E-state index in [0.29, 0.717) is 12.3 Å². The zero-order valence-corrected chi connectivity index (χ0v) is 8.72. The molecule has 0 aromatic carbocycles. The lowest BCUT2D eigenvalue weighted by molar-refractivity contribution is -0.482. The van der Waals surface area contributed by atoms with E-state index in [1.807, 2.05) is 0 Å². The summed E-state index contributed by atoms with van der Waals surface area (Å²) in [4.78, 5) is 23.4. The Labute approximate surface area is 88.6 Å². The van der Waals surface area contributed by atoms with Gasteiger partial charge in [0.15, 0.2) is 0 Å². The minimum Gasteiger partial charge on any atom is -0.301 e. The van der Waals surface area contributed by atoms with Crippen LogP contribution < -0.4 is 0 Å². The highest BCUT2D eigenvalue weighted by molar-refractivity contribution is 5.65. The topological polar surface area (TPSA) is 63.4 Å². The molecule has 0 radical (unpaired) electrons. The van der Waals surface area contributed by atoms with Crippen molar-refractivity contribution >= 4 is 6.29 Å². The minimum atomic E-state index is -0.520. The number of nitrogens with zero attached hydrogens (tertiary/aromatic N) is 2. The summed E-state index contributed by atoms with van der Waals surface area (Å²) in [5.74, 6) is 0.604. The first-order valence-electron chi connectivity index (χ1n) is 5.49. The van der Waals surface area contributed by atoms with Gasteiger partial charge in [-0.15, -0.1) is 0 Å². The lowest BCUT2D eigenvalue weighted by Crippen LogP contribution is -2.60. The molecule has 5 nitrogen and oxygen atoms in total. The number of fused-ring (bicyclic) bond motifs is 3. The summed E-state index contributed by atoms with van der Waals surface area (Å²) >= 11 is 0. The van der Waals surface area contributed by atoms with Gasteiger partial charge in [-0.25, -0.2) is 0 Å². The van der Waals surface area contributed by atoms with E-state index in [9.17, 15) is 14.9 Å². The zero-order valence-electron chi connectivity index (χ0n) is 8.72. The van der Waals surface area contributed by atoms with Gasteiger partial charge in [-0.3, -0.25) is 15.0 Å². The Morgan fingerprint density at radius 1 is 1.47 bits per heavy atom. The van der Waals surface area contributed by atoms with Crippen LogP contribution in [0, 0.1) is 16.0 Å². The van der Waals surface area contributed by atoms with Crippen molar-refractivity contribution < 1.29 is 9.72 Å². The average molecular weight is 212 g/mol. The monoisotopic (exact) mass is 212 g/mol. The summed E-state index contributed by atoms with van der Waals surface area (Å²) in [6, 6.07) is 0. The molecule has 3 saturated heterocycles. The fraction of sp³-hybridized carbons (Fsp3) is 0.900.